The molecule has 0 radical (unpaired) electrons. The number of aliphatic carboxylic acids is 1. The number of pyridine rings is 1. The summed E-state index contributed by atoms with van der Waals surface area (Å²) in [7, 11) is 0. The summed E-state index contributed by atoms with van der Waals surface area (Å²) >= 11 is 0. The average molecular weight is 324 g/mol. The zero-order valence-corrected chi connectivity index (χ0v) is 13.6. The molecule has 5 heteroatoms. The SMILES string of the molecule is CC1CCC(C(=O)O)CN1C(=O)c1cncc(-c2ccccc2)c1. The summed E-state index contributed by atoms with van der Waals surface area (Å²) in [6.07, 6.45) is 4.59. The quantitative estimate of drug-likeness (QED) is 0.942. The van der Waals surface area contributed by atoms with Gasteiger partial charge in [-0.1, -0.05) is 30.3 Å². The van der Waals surface area contributed by atoms with Crippen molar-refractivity contribution in [2.75, 3.05) is 6.54 Å². The Bertz CT molecular complexity index is 745. The van der Waals surface area contributed by atoms with Gasteiger partial charge in [0.15, 0.2) is 0 Å². The largest absolute Gasteiger partial charge is 0.481 e. The summed E-state index contributed by atoms with van der Waals surface area (Å²) in [6.45, 7) is 2.22. The van der Waals surface area contributed by atoms with Crippen LogP contribution in [0.5, 0.6) is 0 Å². The molecule has 1 fully saturated rings. The Labute approximate surface area is 140 Å². The standard InChI is InChI=1S/C19H20N2O3/c1-13-7-8-15(19(23)24)12-21(13)18(22)17-9-16(10-20-11-17)14-5-3-2-4-6-14/h2-6,9-11,13,15H,7-8,12H2,1H3,(H,23,24). The Morgan fingerprint density at radius 2 is 1.88 bits per heavy atom. The summed E-state index contributed by atoms with van der Waals surface area (Å²) < 4.78 is 0. The molecule has 1 saturated heterocycles. The van der Waals surface area contributed by atoms with Gasteiger partial charge in [-0.3, -0.25) is 14.6 Å². The molecular formula is C19H20N2O3. The average Bonchev–Trinajstić information content (AvgIpc) is 2.62. The fourth-order valence-electron chi connectivity index (χ4n) is 3.10. The van der Waals surface area contributed by atoms with Gasteiger partial charge < -0.3 is 10.0 Å². The van der Waals surface area contributed by atoms with Crippen LogP contribution < -0.4 is 0 Å². The Morgan fingerprint density at radius 3 is 2.58 bits per heavy atom. The molecule has 2 unspecified atom stereocenters. The van der Waals surface area contributed by atoms with Crippen LogP contribution in [0.1, 0.15) is 30.1 Å². The molecule has 1 aliphatic rings. The third kappa shape index (κ3) is 3.30. The number of rotatable bonds is 3. The fraction of sp³-hybridized carbons (Fsp3) is 0.316. The van der Waals surface area contributed by atoms with Gasteiger partial charge in [-0.05, 0) is 31.4 Å². The second-order valence-corrected chi connectivity index (χ2v) is 6.25. The van der Waals surface area contributed by atoms with Gasteiger partial charge in [-0.25, -0.2) is 0 Å². The van der Waals surface area contributed by atoms with Crippen molar-refractivity contribution in [2.24, 2.45) is 5.92 Å². The highest BCUT2D eigenvalue weighted by molar-refractivity contribution is 5.95. The topological polar surface area (TPSA) is 70.5 Å². The fourth-order valence-corrected chi connectivity index (χ4v) is 3.10. The van der Waals surface area contributed by atoms with Crippen LogP contribution in [0.25, 0.3) is 11.1 Å². The van der Waals surface area contributed by atoms with Crippen LogP contribution in [-0.4, -0.2) is 39.5 Å². The Hall–Kier alpha value is -2.69. The minimum atomic E-state index is -0.837. The lowest BCUT2D eigenvalue weighted by Gasteiger charge is -2.36. The number of hydrogen-bond donors (Lipinski definition) is 1. The molecule has 3 rings (SSSR count). The van der Waals surface area contributed by atoms with Gasteiger partial charge >= 0.3 is 5.97 Å². The first kappa shape index (κ1) is 16.2. The highest BCUT2D eigenvalue weighted by Gasteiger charge is 2.33. The van der Waals surface area contributed by atoms with E-state index in [2.05, 4.69) is 4.98 Å². The number of carboxylic acids is 1. The number of carbonyl (C=O) groups excluding carboxylic acids is 1. The van der Waals surface area contributed by atoms with Crippen LogP contribution >= 0.6 is 0 Å². The molecule has 1 amide bonds. The van der Waals surface area contributed by atoms with Gasteiger partial charge in [0, 0.05) is 30.5 Å². The van der Waals surface area contributed by atoms with Crippen LogP contribution in [0, 0.1) is 5.92 Å². The number of carboxylic acid groups (broad SMARTS) is 1. The van der Waals surface area contributed by atoms with Gasteiger partial charge in [0.05, 0.1) is 11.5 Å². The molecule has 0 spiro atoms. The summed E-state index contributed by atoms with van der Waals surface area (Å²) in [5.41, 5.74) is 2.37. The van der Waals surface area contributed by atoms with Gasteiger partial charge in [0.25, 0.3) is 5.91 Å². The number of likely N-dealkylation sites (tertiary alicyclic amines) is 1. The van der Waals surface area contributed by atoms with Crippen LogP contribution in [0.3, 0.4) is 0 Å². The molecule has 2 heterocycles. The lowest BCUT2D eigenvalue weighted by atomic mass is 9.93. The van der Waals surface area contributed by atoms with Crippen molar-refractivity contribution in [3.05, 3.63) is 54.4 Å². The molecule has 1 aromatic heterocycles. The highest BCUT2D eigenvalue weighted by Crippen LogP contribution is 2.25. The molecule has 5 nitrogen and oxygen atoms in total. The van der Waals surface area contributed by atoms with E-state index in [1.54, 1.807) is 17.3 Å². The van der Waals surface area contributed by atoms with Gasteiger partial charge in [-0.2, -0.15) is 0 Å². The maximum absolute atomic E-state index is 12.9. The number of piperidine rings is 1. The minimum absolute atomic E-state index is 0.0356. The maximum atomic E-state index is 12.9. The van der Waals surface area contributed by atoms with Crippen molar-refractivity contribution in [1.82, 2.24) is 9.88 Å². The zero-order chi connectivity index (χ0) is 17.1. The molecule has 2 atom stereocenters. The van der Waals surface area contributed by atoms with Crippen molar-refractivity contribution >= 4 is 11.9 Å². The second kappa shape index (κ2) is 6.83. The van der Waals surface area contributed by atoms with E-state index in [1.165, 1.54) is 0 Å². The summed E-state index contributed by atoms with van der Waals surface area (Å²) in [5, 5.41) is 9.24. The molecule has 124 valence electrons. The summed E-state index contributed by atoms with van der Waals surface area (Å²) in [5.74, 6) is -1.48. The molecular weight excluding hydrogens is 304 g/mol. The van der Waals surface area contributed by atoms with Crippen molar-refractivity contribution in [2.45, 2.75) is 25.8 Å². The number of nitrogens with zero attached hydrogens (tertiary/aromatic N) is 2. The van der Waals surface area contributed by atoms with Crippen molar-refractivity contribution in [1.29, 1.82) is 0 Å². The van der Waals surface area contributed by atoms with Gasteiger partial charge in [0.2, 0.25) is 0 Å². The molecule has 0 aliphatic carbocycles. The van der Waals surface area contributed by atoms with Gasteiger partial charge in [-0.15, -0.1) is 0 Å². The van der Waals surface area contributed by atoms with E-state index in [-0.39, 0.29) is 18.5 Å². The molecule has 0 bridgehead atoms. The molecule has 2 aromatic rings. The Morgan fingerprint density at radius 1 is 1.12 bits per heavy atom. The van der Waals surface area contributed by atoms with Crippen LogP contribution in [-0.2, 0) is 4.79 Å². The normalized spacial score (nSPS) is 20.6. The maximum Gasteiger partial charge on any atom is 0.308 e. The molecule has 1 aliphatic heterocycles. The van der Waals surface area contributed by atoms with Crippen molar-refractivity contribution in [3.63, 3.8) is 0 Å². The summed E-state index contributed by atoms with van der Waals surface area (Å²) in [4.78, 5) is 30.0. The Kier molecular flexibility index (Phi) is 4.60. The third-order valence-electron chi connectivity index (χ3n) is 4.58. The molecule has 24 heavy (non-hydrogen) atoms. The predicted octanol–water partition coefficient (Wildman–Crippen LogP) is 3.07. The van der Waals surface area contributed by atoms with Crippen LogP contribution in [0.2, 0.25) is 0 Å². The van der Waals surface area contributed by atoms with E-state index in [1.807, 2.05) is 43.3 Å². The molecule has 1 N–H and O–H groups in total. The van der Waals surface area contributed by atoms with Crippen LogP contribution in [0.4, 0.5) is 0 Å². The number of amides is 1. The number of carbonyl (C=O) groups is 2. The molecule has 1 aromatic carbocycles. The van der Waals surface area contributed by atoms with E-state index >= 15 is 0 Å². The second-order valence-electron chi connectivity index (χ2n) is 6.25. The highest BCUT2D eigenvalue weighted by atomic mass is 16.4. The molecule has 0 saturated carbocycles. The van der Waals surface area contributed by atoms with Gasteiger partial charge in [0.1, 0.15) is 0 Å². The lowest BCUT2D eigenvalue weighted by molar-refractivity contribution is -0.143. The first-order valence-electron chi connectivity index (χ1n) is 8.10. The van der Waals surface area contributed by atoms with E-state index in [4.69, 9.17) is 0 Å². The van der Waals surface area contributed by atoms with E-state index in [0.29, 0.717) is 18.4 Å². The Balaban J connectivity index is 1.85. The first-order chi connectivity index (χ1) is 11.6. The van der Waals surface area contributed by atoms with Crippen molar-refractivity contribution < 1.29 is 14.7 Å². The predicted molar refractivity (Wildman–Crippen MR) is 90.5 cm³/mol. The number of aromatic nitrogens is 1. The zero-order valence-electron chi connectivity index (χ0n) is 13.6. The smallest absolute Gasteiger partial charge is 0.308 e. The number of benzene rings is 1. The van der Waals surface area contributed by atoms with E-state index < -0.39 is 11.9 Å². The lowest BCUT2D eigenvalue weighted by Crippen LogP contribution is -2.47. The van der Waals surface area contributed by atoms with Crippen molar-refractivity contribution in [3.8, 4) is 11.1 Å². The minimum Gasteiger partial charge on any atom is -0.481 e. The number of hydrogen-bond acceptors (Lipinski definition) is 3. The first-order valence-corrected chi connectivity index (χ1v) is 8.10. The monoisotopic (exact) mass is 324 g/mol. The van der Waals surface area contributed by atoms with E-state index in [9.17, 15) is 14.7 Å². The van der Waals surface area contributed by atoms with E-state index in [0.717, 1.165) is 11.1 Å². The summed E-state index contributed by atoms with van der Waals surface area (Å²) in [6, 6.07) is 11.6. The van der Waals surface area contributed by atoms with Crippen LogP contribution in [0.15, 0.2) is 48.8 Å². The third-order valence-corrected chi connectivity index (χ3v) is 4.58.